The molecule has 1 heterocycles. The van der Waals surface area contributed by atoms with Gasteiger partial charge in [-0.3, -0.25) is 4.98 Å². The summed E-state index contributed by atoms with van der Waals surface area (Å²) in [7, 11) is 2.02. The van der Waals surface area contributed by atoms with Crippen LogP contribution in [-0.2, 0) is 0 Å². The van der Waals surface area contributed by atoms with Crippen molar-refractivity contribution in [3.05, 3.63) is 24.0 Å². The van der Waals surface area contributed by atoms with Crippen molar-refractivity contribution in [2.45, 2.75) is 32.7 Å². The van der Waals surface area contributed by atoms with Gasteiger partial charge >= 0.3 is 0 Å². The fourth-order valence-corrected chi connectivity index (χ4v) is 1.41. The molecule has 0 bridgehead atoms. The predicted octanol–water partition coefficient (Wildman–Crippen LogP) is 1.80. The van der Waals surface area contributed by atoms with Crippen molar-refractivity contribution < 1.29 is 5.21 Å². The zero-order chi connectivity index (χ0) is 13.1. The van der Waals surface area contributed by atoms with E-state index >= 15 is 0 Å². The molecule has 0 fully saturated rings. The van der Waals surface area contributed by atoms with Crippen LogP contribution < -0.4 is 10.6 Å². The monoisotopic (exact) mass is 236 g/mol. The molecule has 1 aromatic rings. The van der Waals surface area contributed by atoms with Gasteiger partial charge in [0.15, 0.2) is 5.84 Å². The Morgan fingerprint density at radius 1 is 1.59 bits per heavy atom. The van der Waals surface area contributed by atoms with Crippen LogP contribution in [-0.4, -0.2) is 28.6 Å². The summed E-state index contributed by atoms with van der Waals surface area (Å²) in [5, 5.41) is 11.6. The number of pyridine rings is 1. The van der Waals surface area contributed by atoms with Gasteiger partial charge in [0.25, 0.3) is 0 Å². The highest BCUT2D eigenvalue weighted by Gasteiger charge is 2.21. The van der Waals surface area contributed by atoms with Crippen molar-refractivity contribution in [3.8, 4) is 0 Å². The maximum Gasteiger partial charge on any atom is 0.188 e. The number of nitrogens with zero attached hydrogens (tertiary/aromatic N) is 3. The summed E-state index contributed by atoms with van der Waals surface area (Å²) in [6.07, 6.45) is 2.68. The molecule has 0 atom stereocenters. The van der Waals surface area contributed by atoms with E-state index in [-0.39, 0.29) is 11.4 Å². The summed E-state index contributed by atoms with van der Waals surface area (Å²) in [5.74, 6) is 0.0227. The van der Waals surface area contributed by atoms with Gasteiger partial charge in [0.2, 0.25) is 0 Å². The van der Waals surface area contributed by atoms with E-state index in [1.165, 1.54) is 0 Å². The second kappa shape index (κ2) is 5.03. The van der Waals surface area contributed by atoms with E-state index < -0.39 is 0 Å². The van der Waals surface area contributed by atoms with Crippen molar-refractivity contribution in [3.63, 3.8) is 0 Å². The maximum absolute atomic E-state index is 8.63. The minimum atomic E-state index is 0.0227. The topological polar surface area (TPSA) is 74.7 Å². The standard InChI is InChI=1S/C12H20N4O/c1-5-12(2,3)16(4)9-6-7-14-10(8-9)11(13)15-17/h6-8,17H,5H2,1-4H3,(H2,13,15). The third kappa shape index (κ3) is 2.87. The second-order valence-corrected chi connectivity index (χ2v) is 4.61. The van der Waals surface area contributed by atoms with E-state index in [2.05, 4.69) is 35.8 Å². The first kappa shape index (κ1) is 13.3. The Morgan fingerprint density at radius 3 is 2.76 bits per heavy atom. The number of anilines is 1. The van der Waals surface area contributed by atoms with Crippen molar-refractivity contribution in [1.29, 1.82) is 0 Å². The van der Waals surface area contributed by atoms with Crippen LogP contribution in [0.1, 0.15) is 32.9 Å². The van der Waals surface area contributed by atoms with Gasteiger partial charge in [-0.25, -0.2) is 0 Å². The third-order valence-electron chi connectivity index (χ3n) is 3.27. The van der Waals surface area contributed by atoms with E-state index in [9.17, 15) is 0 Å². The average molecular weight is 236 g/mol. The molecule has 0 aliphatic carbocycles. The Morgan fingerprint density at radius 2 is 2.24 bits per heavy atom. The quantitative estimate of drug-likeness (QED) is 0.362. The summed E-state index contributed by atoms with van der Waals surface area (Å²) in [5.41, 5.74) is 7.04. The van der Waals surface area contributed by atoms with Gasteiger partial charge in [-0.2, -0.15) is 0 Å². The lowest BCUT2D eigenvalue weighted by molar-refractivity contribution is 0.318. The highest BCUT2D eigenvalue weighted by atomic mass is 16.4. The first-order chi connectivity index (χ1) is 7.92. The fraction of sp³-hybridized carbons (Fsp3) is 0.500. The van der Waals surface area contributed by atoms with Crippen molar-refractivity contribution >= 4 is 11.5 Å². The molecular formula is C12H20N4O. The van der Waals surface area contributed by atoms with E-state index in [4.69, 9.17) is 10.9 Å². The van der Waals surface area contributed by atoms with Crippen molar-refractivity contribution in [2.24, 2.45) is 10.9 Å². The molecule has 0 radical (unpaired) electrons. The summed E-state index contributed by atoms with van der Waals surface area (Å²) >= 11 is 0. The lowest BCUT2D eigenvalue weighted by Crippen LogP contribution is -2.40. The normalized spacial score (nSPS) is 12.6. The van der Waals surface area contributed by atoms with Crippen LogP contribution in [0.15, 0.2) is 23.5 Å². The number of rotatable bonds is 4. The Balaban J connectivity index is 3.08. The van der Waals surface area contributed by atoms with E-state index in [0.717, 1.165) is 12.1 Å². The van der Waals surface area contributed by atoms with Gasteiger partial charge in [-0.15, -0.1) is 0 Å². The molecule has 0 aliphatic heterocycles. The molecule has 3 N–H and O–H groups in total. The van der Waals surface area contributed by atoms with Crippen LogP contribution in [0.4, 0.5) is 5.69 Å². The molecule has 0 unspecified atom stereocenters. The molecule has 17 heavy (non-hydrogen) atoms. The van der Waals surface area contributed by atoms with Gasteiger partial charge in [-0.1, -0.05) is 12.1 Å². The van der Waals surface area contributed by atoms with Gasteiger partial charge in [-0.05, 0) is 32.4 Å². The minimum Gasteiger partial charge on any atom is -0.409 e. The molecular weight excluding hydrogens is 216 g/mol. The second-order valence-electron chi connectivity index (χ2n) is 4.61. The van der Waals surface area contributed by atoms with E-state index in [0.29, 0.717) is 5.69 Å². The van der Waals surface area contributed by atoms with E-state index in [1.54, 1.807) is 6.20 Å². The lowest BCUT2D eigenvalue weighted by atomic mass is 9.99. The highest BCUT2D eigenvalue weighted by molar-refractivity contribution is 5.95. The zero-order valence-corrected chi connectivity index (χ0v) is 10.8. The molecule has 0 saturated carbocycles. The number of nitrogens with two attached hydrogens (primary N) is 1. The first-order valence-electron chi connectivity index (χ1n) is 5.60. The van der Waals surface area contributed by atoms with Crippen molar-refractivity contribution in [2.75, 3.05) is 11.9 Å². The van der Waals surface area contributed by atoms with Crippen molar-refractivity contribution in [1.82, 2.24) is 4.98 Å². The molecule has 5 heteroatoms. The van der Waals surface area contributed by atoms with Crippen LogP contribution in [0.5, 0.6) is 0 Å². The molecule has 1 rings (SSSR count). The van der Waals surface area contributed by atoms with Crippen LogP contribution in [0, 0.1) is 0 Å². The molecule has 0 saturated heterocycles. The Kier molecular flexibility index (Phi) is 3.93. The summed E-state index contributed by atoms with van der Waals surface area (Å²) < 4.78 is 0. The molecule has 94 valence electrons. The number of aromatic nitrogens is 1. The molecule has 5 nitrogen and oxygen atoms in total. The molecule has 0 amide bonds. The number of oxime groups is 1. The summed E-state index contributed by atoms with van der Waals surface area (Å²) in [4.78, 5) is 6.21. The Hall–Kier alpha value is -1.78. The van der Waals surface area contributed by atoms with E-state index in [1.807, 2.05) is 19.2 Å². The van der Waals surface area contributed by atoms with Gasteiger partial charge in [0.05, 0.1) is 0 Å². The molecule has 0 aromatic carbocycles. The first-order valence-corrected chi connectivity index (χ1v) is 5.60. The summed E-state index contributed by atoms with van der Waals surface area (Å²) in [6, 6.07) is 3.72. The Labute approximate surface area is 102 Å². The zero-order valence-electron chi connectivity index (χ0n) is 10.8. The van der Waals surface area contributed by atoms with Gasteiger partial charge in [0.1, 0.15) is 5.69 Å². The van der Waals surface area contributed by atoms with Gasteiger partial charge < -0.3 is 15.8 Å². The fourth-order valence-electron chi connectivity index (χ4n) is 1.41. The summed E-state index contributed by atoms with van der Waals surface area (Å²) in [6.45, 7) is 6.47. The molecule has 0 aliphatic rings. The minimum absolute atomic E-state index is 0.0227. The SMILES string of the molecule is CCC(C)(C)N(C)c1ccnc(C(N)=NO)c1. The number of amidine groups is 1. The number of hydrogen-bond donors (Lipinski definition) is 2. The predicted molar refractivity (Wildman–Crippen MR) is 69.5 cm³/mol. The van der Waals surface area contributed by atoms with Crippen LogP contribution >= 0.6 is 0 Å². The average Bonchev–Trinajstić information content (AvgIpc) is 2.36. The van der Waals surface area contributed by atoms with Gasteiger partial charge in [0, 0.05) is 24.5 Å². The highest BCUT2D eigenvalue weighted by Crippen LogP contribution is 2.24. The number of hydrogen-bond acceptors (Lipinski definition) is 4. The third-order valence-corrected chi connectivity index (χ3v) is 3.27. The molecule has 1 aromatic heterocycles. The van der Waals surface area contributed by atoms with Crippen LogP contribution in [0.3, 0.4) is 0 Å². The molecule has 0 spiro atoms. The lowest BCUT2D eigenvalue weighted by Gasteiger charge is -2.36. The van der Waals surface area contributed by atoms with Crippen LogP contribution in [0.2, 0.25) is 0 Å². The Bertz CT molecular complexity index is 415. The van der Waals surface area contributed by atoms with Crippen LogP contribution in [0.25, 0.3) is 0 Å². The largest absolute Gasteiger partial charge is 0.409 e. The maximum atomic E-state index is 8.63. The smallest absolute Gasteiger partial charge is 0.188 e.